The highest BCUT2D eigenvalue weighted by molar-refractivity contribution is 7.89. The number of benzene rings is 2. The molecule has 1 aliphatic rings. The molecule has 37 heavy (non-hydrogen) atoms. The van der Waals surface area contributed by atoms with Gasteiger partial charge in [-0.2, -0.15) is 17.5 Å². The van der Waals surface area contributed by atoms with E-state index in [9.17, 15) is 31.2 Å². The molecule has 0 bridgehead atoms. The number of H-pyrrole nitrogens is 1. The quantitative estimate of drug-likeness (QED) is 0.317. The number of nitrogens with one attached hydrogen (secondary N) is 1. The molecule has 1 aliphatic heterocycles. The van der Waals surface area contributed by atoms with E-state index in [1.54, 1.807) is 6.20 Å². The number of hydrogen-bond acceptors (Lipinski definition) is 5. The van der Waals surface area contributed by atoms with Gasteiger partial charge in [0.05, 0.1) is 21.4 Å². The van der Waals surface area contributed by atoms with Crippen LogP contribution in [0.3, 0.4) is 0 Å². The van der Waals surface area contributed by atoms with E-state index in [0.29, 0.717) is 11.6 Å². The number of ketones is 1. The summed E-state index contributed by atoms with van der Waals surface area (Å²) in [5.74, 6) is -1.62. The van der Waals surface area contributed by atoms with Crippen molar-refractivity contribution < 1.29 is 35.9 Å². The number of aromatic nitrogens is 1. The Hall–Kier alpha value is -2.89. The number of esters is 1. The van der Waals surface area contributed by atoms with Crippen molar-refractivity contribution in [1.29, 1.82) is 0 Å². The molecule has 0 radical (unpaired) electrons. The zero-order chi connectivity index (χ0) is 27.0. The van der Waals surface area contributed by atoms with Gasteiger partial charge in [0, 0.05) is 35.8 Å². The van der Waals surface area contributed by atoms with Crippen LogP contribution < -0.4 is 0 Å². The molecule has 0 amide bonds. The summed E-state index contributed by atoms with van der Waals surface area (Å²) in [5, 5.41) is 0.149. The number of aromatic amines is 1. The maximum absolute atomic E-state index is 13.2. The molecule has 0 atom stereocenters. The number of fused-ring (bicyclic) bond motifs is 1. The van der Waals surface area contributed by atoms with Crippen LogP contribution in [-0.2, 0) is 32.2 Å². The Bertz CT molecular complexity index is 1440. The van der Waals surface area contributed by atoms with Crippen LogP contribution in [0.2, 0.25) is 5.02 Å². The summed E-state index contributed by atoms with van der Waals surface area (Å²) in [6, 6.07) is 8.06. The minimum Gasteiger partial charge on any atom is -0.457 e. The highest BCUT2D eigenvalue weighted by Gasteiger charge is 2.37. The van der Waals surface area contributed by atoms with E-state index in [2.05, 4.69) is 4.98 Å². The molecule has 3 aromatic rings. The number of halogens is 4. The Balaban J connectivity index is 1.36. The topological polar surface area (TPSA) is 96.5 Å². The lowest BCUT2D eigenvalue weighted by molar-refractivity contribution is -0.148. The molecule has 2 heterocycles. The summed E-state index contributed by atoms with van der Waals surface area (Å²) in [4.78, 5) is 27.8. The highest BCUT2D eigenvalue weighted by atomic mass is 35.5. The second-order valence-corrected chi connectivity index (χ2v) is 11.1. The van der Waals surface area contributed by atoms with Crippen LogP contribution in [0, 0.1) is 5.92 Å². The summed E-state index contributed by atoms with van der Waals surface area (Å²) in [7, 11) is -4.23. The Morgan fingerprint density at radius 3 is 2.51 bits per heavy atom. The van der Waals surface area contributed by atoms with Crippen LogP contribution in [-0.4, -0.2) is 49.2 Å². The fourth-order valence-corrected chi connectivity index (χ4v) is 6.16. The smallest absolute Gasteiger partial charge is 0.417 e. The lowest BCUT2D eigenvalue weighted by Gasteiger charge is -2.30. The molecule has 7 nitrogen and oxygen atoms in total. The summed E-state index contributed by atoms with van der Waals surface area (Å²) in [5.41, 5.74) is 1.10. The van der Waals surface area contributed by atoms with Crippen molar-refractivity contribution in [1.82, 2.24) is 9.29 Å². The van der Waals surface area contributed by atoms with Crippen LogP contribution in [0.1, 0.15) is 41.3 Å². The van der Waals surface area contributed by atoms with Crippen molar-refractivity contribution in [2.24, 2.45) is 5.92 Å². The second-order valence-electron chi connectivity index (χ2n) is 8.74. The van der Waals surface area contributed by atoms with Crippen molar-refractivity contribution in [3.05, 3.63) is 64.3 Å². The standard InChI is InChI=1S/C25H24ClF3N2O5S/c1-2-15-4-3-5-18-19(13-30-23(15)18)22(32)14-36-24(33)16-8-10-31(11-9-16)37(34,35)17-6-7-21(26)20(12-17)25(27,28)29/h3-7,12-13,16,30H,2,8-11,14H2,1H3. The van der Waals surface area contributed by atoms with Gasteiger partial charge in [-0.15, -0.1) is 0 Å². The largest absolute Gasteiger partial charge is 0.457 e. The fourth-order valence-electron chi connectivity index (χ4n) is 4.44. The van der Waals surface area contributed by atoms with Gasteiger partial charge in [-0.1, -0.05) is 36.7 Å². The van der Waals surface area contributed by atoms with Crippen LogP contribution in [0.5, 0.6) is 0 Å². The number of carbonyl (C=O) groups is 2. The molecule has 0 unspecified atom stereocenters. The van der Waals surface area contributed by atoms with Gasteiger partial charge in [0.25, 0.3) is 0 Å². The van der Waals surface area contributed by atoms with Crippen LogP contribution in [0.25, 0.3) is 10.9 Å². The van der Waals surface area contributed by atoms with Crippen molar-refractivity contribution in [2.45, 2.75) is 37.3 Å². The maximum Gasteiger partial charge on any atom is 0.417 e. The van der Waals surface area contributed by atoms with Gasteiger partial charge >= 0.3 is 12.1 Å². The van der Waals surface area contributed by atoms with Gasteiger partial charge in [0.15, 0.2) is 6.61 Å². The van der Waals surface area contributed by atoms with Crippen LogP contribution in [0.4, 0.5) is 13.2 Å². The second kappa shape index (κ2) is 10.5. The fraction of sp³-hybridized carbons (Fsp3) is 0.360. The van der Waals surface area contributed by atoms with E-state index < -0.39 is 50.2 Å². The molecule has 1 aromatic heterocycles. The Kier molecular flexibility index (Phi) is 7.68. The number of ether oxygens (including phenoxy) is 1. The predicted octanol–water partition coefficient (Wildman–Crippen LogP) is 5.23. The Morgan fingerprint density at radius 1 is 1.16 bits per heavy atom. The first kappa shape index (κ1) is 27.2. The third-order valence-electron chi connectivity index (χ3n) is 6.50. The average molecular weight is 557 g/mol. The first-order chi connectivity index (χ1) is 17.4. The number of carbonyl (C=O) groups excluding carboxylic acids is 2. The number of Topliss-reactive ketones (excluding diaryl/α,β-unsaturated/α-hetero) is 1. The Labute approximate surface area is 216 Å². The SMILES string of the molecule is CCc1cccc2c(C(=O)COC(=O)C3CCN(S(=O)(=O)c4ccc(Cl)c(C(F)(F)F)c4)CC3)c[nH]c12. The molecule has 0 saturated carbocycles. The molecule has 1 N–H and O–H groups in total. The normalized spacial score (nSPS) is 15.7. The van der Waals surface area contributed by atoms with E-state index in [1.807, 2.05) is 25.1 Å². The first-order valence-electron chi connectivity index (χ1n) is 11.6. The molecule has 1 fully saturated rings. The summed E-state index contributed by atoms with van der Waals surface area (Å²) < 4.78 is 71.6. The highest BCUT2D eigenvalue weighted by Crippen LogP contribution is 2.37. The number of aryl methyl sites for hydroxylation is 1. The third kappa shape index (κ3) is 5.53. The van der Waals surface area contributed by atoms with Crippen molar-refractivity contribution in [3.63, 3.8) is 0 Å². The van der Waals surface area contributed by atoms with E-state index in [4.69, 9.17) is 16.3 Å². The molecule has 2 aromatic carbocycles. The average Bonchev–Trinajstić information content (AvgIpc) is 3.31. The van der Waals surface area contributed by atoms with Crippen LogP contribution >= 0.6 is 11.6 Å². The molecular formula is C25H24ClF3N2O5S. The van der Waals surface area contributed by atoms with Crippen molar-refractivity contribution >= 4 is 44.3 Å². The summed E-state index contributed by atoms with van der Waals surface area (Å²) >= 11 is 5.59. The molecule has 0 aliphatic carbocycles. The number of nitrogens with zero attached hydrogens (tertiary/aromatic N) is 1. The Morgan fingerprint density at radius 2 is 1.86 bits per heavy atom. The van der Waals surface area contributed by atoms with Gasteiger partial charge in [-0.05, 0) is 43.0 Å². The van der Waals surface area contributed by atoms with E-state index in [1.165, 1.54) is 0 Å². The van der Waals surface area contributed by atoms with E-state index in [-0.39, 0.29) is 31.7 Å². The number of para-hydroxylation sites is 1. The third-order valence-corrected chi connectivity index (χ3v) is 8.72. The van der Waals surface area contributed by atoms with Crippen molar-refractivity contribution in [2.75, 3.05) is 19.7 Å². The monoisotopic (exact) mass is 556 g/mol. The van der Waals surface area contributed by atoms with Gasteiger partial charge in [0.2, 0.25) is 15.8 Å². The van der Waals surface area contributed by atoms with Gasteiger partial charge in [0.1, 0.15) is 0 Å². The lowest BCUT2D eigenvalue weighted by Crippen LogP contribution is -2.40. The molecule has 198 valence electrons. The minimum absolute atomic E-state index is 0.0811. The minimum atomic E-state index is -4.80. The molecule has 12 heteroatoms. The zero-order valence-electron chi connectivity index (χ0n) is 19.8. The van der Waals surface area contributed by atoms with E-state index in [0.717, 1.165) is 39.3 Å². The molecule has 0 spiro atoms. The molecule has 4 rings (SSSR count). The number of rotatable bonds is 7. The predicted molar refractivity (Wildman–Crippen MR) is 131 cm³/mol. The molecule has 1 saturated heterocycles. The van der Waals surface area contributed by atoms with Crippen molar-refractivity contribution in [3.8, 4) is 0 Å². The number of piperidine rings is 1. The number of hydrogen-bond donors (Lipinski definition) is 1. The van der Waals surface area contributed by atoms with Gasteiger partial charge in [-0.3, -0.25) is 9.59 Å². The first-order valence-corrected chi connectivity index (χ1v) is 13.4. The summed E-state index contributed by atoms with van der Waals surface area (Å²) in [6.45, 7) is 1.39. The van der Waals surface area contributed by atoms with Gasteiger partial charge in [-0.25, -0.2) is 8.42 Å². The lowest BCUT2D eigenvalue weighted by atomic mass is 9.98. The zero-order valence-corrected chi connectivity index (χ0v) is 21.3. The number of sulfonamides is 1. The number of alkyl halides is 3. The van der Waals surface area contributed by atoms with E-state index >= 15 is 0 Å². The maximum atomic E-state index is 13.2. The van der Waals surface area contributed by atoms with Crippen LogP contribution in [0.15, 0.2) is 47.5 Å². The van der Waals surface area contributed by atoms with Gasteiger partial charge < -0.3 is 9.72 Å². The molecular weight excluding hydrogens is 533 g/mol. The summed E-state index contributed by atoms with van der Waals surface area (Å²) in [6.07, 6.45) is -2.21.